The number of nitrogens with zero attached hydrogens (tertiary/aromatic N) is 2. The van der Waals surface area contributed by atoms with E-state index in [1.165, 1.54) is 5.56 Å². The van der Waals surface area contributed by atoms with Crippen molar-refractivity contribution in [3.63, 3.8) is 0 Å². The van der Waals surface area contributed by atoms with Gasteiger partial charge in [-0.15, -0.1) is 0 Å². The van der Waals surface area contributed by atoms with Gasteiger partial charge in [-0.1, -0.05) is 35.5 Å². The molecule has 1 aliphatic rings. The van der Waals surface area contributed by atoms with Crippen LogP contribution < -0.4 is 5.73 Å². The summed E-state index contributed by atoms with van der Waals surface area (Å²) in [5, 5.41) is 3.97. The second-order valence-corrected chi connectivity index (χ2v) is 5.54. The SMILES string of the molecule is CC(C)(N)c1noc(C2CC2c2ccccc2)n1. The van der Waals surface area contributed by atoms with Crippen molar-refractivity contribution in [3.05, 3.63) is 47.6 Å². The number of benzene rings is 1. The van der Waals surface area contributed by atoms with Gasteiger partial charge in [-0.3, -0.25) is 0 Å². The lowest BCUT2D eigenvalue weighted by molar-refractivity contribution is 0.360. The Morgan fingerprint density at radius 1 is 1.22 bits per heavy atom. The van der Waals surface area contributed by atoms with Crippen LogP contribution in [0.4, 0.5) is 0 Å². The Kier molecular flexibility index (Phi) is 2.48. The van der Waals surface area contributed by atoms with E-state index in [0.29, 0.717) is 17.7 Å². The minimum atomic E-state index is -0.543. The monoisotopic (exact) mass is 243 g/mol. The lowest BCUT2D eigenvalue weighted by Crippen LogP contribution is -2.30. The Hall–Kier alpha value is -1.68. The zero-order chi connectivity index (χ0) is 12.8. The molecule has 0 aliphatic heterocycles. The van der Waals surface area contributed by atoms with Crippen LogP contribution in [0.3, 0.4) is 0 Å². The van der Waals surface area contributed by atoms with E-state index in [4.69, 9.17) is 10.3 Å². The third-order valence-corrected chi connectivity index (χ3v) is 3.35. The summed E-state index contributed by atoms with van der Waals surface area (Å²) in [6.07, 6.45) is 1.08. The lowest BCUT2D eigenvalue weighted by Gasteiger charge is -2.11. The van der Waals surface area contributed by atoms with Gasteiger partial charge in [0.05, 0.1) is 5.54 Å². The predicted octanol–water partition coefficient (Wildman–Crippen LogP) is 2.53. The van der Waals surface area contributed by atoms with Crippen LogP contribution in [-0.2, 0) is 5.54 Å². The van der Waals surface area contributed by atoms with E-state index in [0.717, 1.165) is 12.3 Å². The zero-order valence-corrected chi connectivity index (χ0v) is 10.6. The average Bonchev–Trinajstić information content (AvgIpc) is 2.97. The lowest BCUT2D eigenvalue weighted by atomic mass is 10.1. The molecule has 1 aliphatic carbocycles. The number of hydrogen-bond donors (Lipinski definition) is 1. The summed E-state index contributed by atoms with van der Waals surface area (Å²) in [6, 6.07) is 10.5. The molecule has 1 aromatic heterocycles. The smallest absolute Gasteiger partial charge is 0.230 e. The van der Waals surface area contributed by atoms with Crippen molar-refractivity contribution in [2.75, 3.05) is 0 Å². The Balaban J connectivity index is 1.77. The van der Waals surface area contributed by atoms with Gasteiger partial charge < -0.3 is 10.3 Å². The predicted molar refractivity (Wildman–Crippen MR) is 68.1 cm³/mol. The van der Waals surface area contributed by atoms with Crippen LogP contribution in [0.25, 0.3) is 0 Å². The average molecular weight is 243 g/mol. The first-order valence-corrected chi connectivity index (χ1v) is 6.23. The van der Waals surface area contributed by atoms with Gasteiger partial charge in [0.2, 0.25) is 5.89 Å². The molecular weight excluding hydrogens is 226 g/mol. The van der Waals surface area contributed by atoms with E-state index in [1.807, 2.05) is 19.9 Å². The van der Waals surface area contributed by atoms with Gasteiger partial charge in [0.15, 0.2) is 5.82 Å². The first-order chi connectivity index (χ1) is 8.55. The summed E-state index contributed by atoms with van der Waals surface area (Å²) in [5.74, 6) is 2.17. The van der Waals surface area contributed by atoms with Gasteiger partial charge >= 0.3 is 0 Å². The summed E-state index contributed by atoms with van der Waals surface area (Å²) >= 11 is 0. The summed E-state index contributed by atoms with van der Waals surface area (Å²) in [5.41, 5.74) is 6.75. The van der Waals surface area contributed by atoms with Crippen molar-refractivity contribution in [1.82, 2.24) is 10.1 Å². The molecule has 2 atom stereocenters. The van der Waals surface area contributed by atoms with E-state index in [1.54, 1.807) is 0 Å². The standard InChI is InChI=1S/C14H17N3O/c1-14(2,15)13-16-12(18-17-13)11-8-10(11)9-6-4-3-5-7-9/h3-7,10-11H,8,15H2,1-2H3. The molecule has 2 unspecified atom stereocenters. The number of hydrogen-bond acceptors (Lipinski definition) is 4. The van der Waals surface area contributed by atoms with Crippen LogP contribution in [0.15, 0.2) is 34.9 Å². The molecule has 18 heavy (non-hydrogen) atoms. The van der Waals surface area contributed by atoms with Crippen LogP contribution in [0, 0.1) is 0 Å². The minimum Gasteiger partial charge on any atom is -0.339 e. The molecule has 1 fully saturated rings. The Labute approximate surface area is 106 Å². The van der Waals surface area contributed by atoms with E-state index >= 15 is 0 Å². The Morgan fingerprint density at radius 3 is 2.56 bits per heavy atom. The van der Waals surface area contributed by atoms with Gasteiger partial charge in [0.1, 0.15) is 0 Å². The van der Waals surface area contributed by atoms with Crippen molar-refractivity contribution < 1.29 is 4.52 Å². The molecular formula is C14H17N3O. The molecule has 1 saturated carbocycles. The highest BCUT2D eigenvalue weighted by molar-refractivity contribution is 5.30. The number of nitrogens with two attached hydrogens (primary N) is 1. The highest BCUT2D eigenvalue weighted by atomic mass is 16.5. The molecule has 0 saturated heterocycles. The van der Waals surface area contributed by atoms with E-state index < -0.39 is 5.54 Å². The highest BCUT2D eigenvalue weighted by Crippen LogP contribution is 2.54. The molecule has 0 radical (unpaired) electrons. The summed E-state index contributed by atoms with van der Waals surface area (Å²) < 4.78 is 5.33. The van der Waals surface area contributed by atoms with Crippen molar-refractivity contribution in [1.29, 1.82) is 0 Å². The normalized spacial score (nSPS) is 23.1. The van der Waals surface area contributed by atoms with E-state index in [-0.39, 0.29) is 0 Å². The second-order valence-electron chi connectivity index (χ2n) is 5.54. The molecule has 94 valence electrons. The summed E-state index contributed by atoms with van der Waals surface area (Å²) in [7, 11) is 0. The number of rotatable bonds is 3. The molecule has 1 heterocycles. The third-order valence-electron chi connectivity index (χ3n) is 3.35. The maximum atomic E-state index is 5.95. The Morgan fingerprint density at radius 2 is 1.94 bits per heavy atom. The minimum absolute atomic E-state index is 0.357. The second kappa shape index (κ2) is 3.92. The van der Waals surface area contributed by atoms with Crippen molar-refractivity contribution in [2.45, 2.75) is 37.6 Å². The van der Waals surface area contributed by atoms with Crippen molar-refractivity contribution in [2.24, 2.45) is 5.73 Å². The van der Waals surface area contributed by atoms with Gasteiger partial charge in [0.25, 0.3) is 0 Å². The van der Waals surface area contributed by atoms with Crippen LogP contribution >= 0.6 is 0 Å². The van der Waals surface area contributed by atoms with Crippen LogP contribution in [0.1, 0.15) is 49.4 Å². The van der Waals surface area contributed by atoms with E-state index in [9.17, 15) is 0 Å². The Bertz CT molecular complexity index is 542. The fraction of sp³-hybridized carbons (Fsp3) is 0.429. The fourth-order valence-electron chi connectivity index (χ4n) is 2.18. The van der Waals surface area contributed by atoms with Gasteiger partial charge in [0, 0.05) is 5.92 Å². The molecule has 0 spiro atoms. The highest BCUT2D eigenvalue weighted by Gasteiger charge is 2.44. The topological polar surface area (TPSA) is 64.9 Å². The van der Waals surface area contributed by atoms with Crippen LogP contribution in [-0.4, -0.2) is 10.1 Å². The molecule has 4 heteroatoms. The maximum absolute atomic E-state index is 5.95. The molecule has 2 aromatic rings. The van der Waals surface area contributed by atoms with Crippen molar-refractivity contribution in [3.8, 4) is 0 Å². The third kappa shape index (κ3) is 2.04. The van der Waals surface area contributed by atoms with Crippen LogP contribution in [0.2, 0.25) is 0 Å². The first-order valence-electron chi connectivity index (χ1n) is 6.23. The van der Waals surface area contributed by atoms with Gasteiger partial charge in [-0.25, -0.2) is 0 Å². The molecule has 2 N–H and O–H groups in total. The molecule has 0 amide bonds. The first kappa shape index (κ1) is 11.4. The molecule has 1 aromatic carbocycles. The van der Waals surface area contributed by atoms with Crippen LogP contribution in [0.5, 0.6) is 0 Å². The zero-order valence-electron chi connectivity index (χ0n) is 10.6. The van der Waals surface area contributed by atoms with Crippen molar-refractivity contribution >= 4 is 0 Å². The maximum Gasteiger partial charge on any atom is 0.230 e. The number of aromatic nitrogens is 2. The molecule has 0 bridgehead atoms. The summed E-state index contributed by atoms with van der Waals surface area (Å²) in [4.78, 5) is 4.42. The van der Waals surface area contributed by atoms with Gasteiger partial charge in [-0.05, 0) is 31.7 Å². The molecule has 3 rings (SSSR count). The largest absolute Gasteiger partial charge is 0.339 e. The van der Waals surface area contributed by atoms with Gasteiger partial charge in [-0.2, -0.15) is 4.98 Å². The fourth-order valence-corrected chi connectivity index (χ4v) is 2.18. The summed E-state index contributed by atoms with van der Waals surface area (Å²) in [6.45, 7) is 3.76. The van der Waals surface area contributed by atoms with E-state index in [2.05, 4.69) is 34.4 Å². The molecule has 4 nitrogen and oxygen atoms in total. The quantitative estimate of drug-likeness (QED) is 0.899.